The molecular formula is C13H20N4O2S2. The highest BCUT2D eigenvalue weighted by molar-refractivity contribution is 7.91. The van der Waals surface area contributed by atoms with E-state index in [1.807, 2.05) is 20.9 Å². The van der Waals surface area contributed by atoms with E-state index in [1.54, 1.807) is 23.0 Å². The first-order valence-electron chi connectivity index (χ1n) is 6.70. The Hall–Kier alpha value is -1.22. The molecule has 0 atom stereocenters. The van der Waals surface area contributed by atoms with Gasteiger partial charge in [-0.05, 0) is 25.1 Å². The van der Waals surface area contributed by atoms with Crippen LogP contribution in [0.5, 0.6) is 0 Å². The summed E-state index contributed by atoms with van der Waals surface area (Å²) in [6.07, 6.45) is 3.43. The molecule has 0 radical (unpaired) electrons. The summed E-state index contributed by atoms with van der Waals surface area (Å²) < 4.78 is 29.4. The topological polar surface area (TPSA) is 76.0 Å². The van der Waals surface area contributed by atoms with Gasteiger partial charge in [0.2, 0.25) is 10.0 Å². The van der Waals surface area contributed by atoms with Crippen molar-refractivity contribution in [1.82, 2.24) is 19.6 Å². The Kier molecular flexibility index (Phi) is 5.15. The molecule has 0 bridgehead atoms. The number of imidazole rings is 1. The maximum Gasteiger partial charge on any atom is 0.250 e. The Morgan fingerprint density at radius 2 is 2.14 bits per heavy atom. The molecule has 0 aromatic carbocycles. The number of nitrogens with zero attached hydrogens (tertiary/aromatic N) is 2. The van der Waals surface area contributed by atoms with Crippen molar-refractivity contribution < 1.29 is 8.42 Å². The Labute approximate surface area is 129 Å². The van der Waals surface area contributed by atoms with Crippen molar-refractivity contribution >= 4 is 21.4 Å². The molecule has 2 heterocycles. The van der Waals surface area contributed by atoms with Crippen molar-refractivity contribution in [1.29, 1.82) is 0 Å². The first-order valence-corrected chi connectivity index (χ1v) is 9.00. The molecule has 2 aromatic heterocycles. The summed E-state index contributed by atoms with van der Waals surface area (Å²) in [6, 6.07) is 1.72. The second-order valence-electron chi connectivity index (χ2n) is 4.73. The molecule has 2 aromatic rings. The smallest absolute Gasteiger partial charge is 0.250 e. The van der Waals surface area contributed by atoms with Crippen LogP contribution < -0.4 is 10.0 Å². The second kappa shape index (κ2) is 6.69. The predicted octanol–water partition coefficient (Wildman–Crippen LogP) is 1.38. The van der Waals surface area contributed by atoms with E-state index < -0.39 is 10.0 Å². The molecule has 0 amide bonds. The Bertz CT molecular complexity index is 704. The summed E-state index contributed by atoms with van der Waals surface area (Å²) in [5, 5.41) is 3.21. The van der Waals surface area contributed by atoms with Crippen LogP contribution in [0.15, 0.2) is 22.7 Å². The Balaban J connectivity index is 2.10. The highest BCUT2D eigenvalue weighted by Crippen LogP contribution is 2.25. The van der Waals surface area contributed by atoms with Crippen molar-refractivity contribution in [3.05, 3.63) is 34.7 Å². The third-order valence-electron chi connectivity index (χ3n) is 3.14. The summed E-state index contributed by atoms with van der Waals surface area (Å²) >= 11 is 1.31. The van der Waals surface area contributed by atoms with E-state index >= 15 is 0 Å². The molecule has 2 N–H and O–H groups in total. The van der Waals surface area contributed by atoms with E-state index in [0.29, 0.717) is 16.6 Å². The van der Waals surface area contributed by atoms with Gasteiger partial charge in [0.1, 0.15) is 10.0 Å². The van der Waals surface area contributed by atoms with Crippen LogP contribution in [-0.2, 0) is 30.2 Å². The number of hydrogen-bond acceptors (Lipinski definition) is 5. The number of nitrogens with one attached hydrogen (secondary N) is 2. The zero-order valence-electron chi connectivity index (χ0n) is 12.4. The summed E-state index contributed by atoms with van der Waals surface area (Å²) in [5.41, 5.74) is 0.998. The molecule has 0 saturated carbocycles. The van der Waals surface area contributed by atoms with Gasteiger partial charge in [0.25, 0.3) is 0 Å². The van der Waals surface area contributed by atoms with Gasteiger partial charge < -0.3 is 9.88 Å². The number of aryl methyl sites for hydroxylation is 2. The number of rotatable bonds is 7. The normalized spacial score (nSPS) is 12.0. The van der Waals surface area contributed by atoms with Gasteiger partial charge >= 0.3 is 0 Å². The van der Waals surface area contributed by atoms with Gasteiger partial charge in [-0.3, -0.25) is 0 Å². The van der Waals surface area contributed by atoms with Gasteiger partial charge in [0.15, 0.2) is 0 Å². The lowest BCUT2D eigenvalue weighted by Crippen LogP contribution is -2.24. The van der Waals surface area contributed by atoms with Crippen molar-refractivity contribution in [3.8, 4) is 0 Å². The van der Waals surface area contributed by atoms with Crippen LogP contribution in [0.25, 0.3) is 0 Å². The zero-order chi connectivity index (χ0) is 15.5. The van der Waals surface area contributed by atoms with Crippen molar-refractivity contribution in [2.45, 2.75) is 31.1 Å². The predicted molar refractivity (Wildman–Crippen MR) is 83.7 cm³/mol. The van der Waals surface area contributed by atoms with E-state index in [1.165, 1.54) is 11.3 Å². The van der Waals surface area contributed by atoms with Gasteiger partial charge in [-0.25, -0.2) is 18.1 Å². The number of sulfonamides is 1. The monoisotopic (exact) mass is 328 g/mol. The molecule has 2 rings (SSSR count). The van der Waals surface area contributed by atoms with Crippen LogP contribution >= 0.6 is 11.3 Å². The first kappa shape index (κ1) is 16.2. The maximum atomic E-state index is 12.3. The van der Waals surface area contributed by atoms with Crippen LogP contribution in [0.1, 0.15) is 23.2 Å². The van der Waals surface area contributed by atoms with Gasteiger partial charge in [-0.15, -0.1) is 11.3 Å². The van der Waals surface area contributed by atoms with E-state index in [9.17, 15) is 8.42 Å². The largest absolute Gasteiger partial charge is 0.337 e. The minimum atomic E-state index is -3.49. The average molecular weight is 328 g/mol. The lowest BCUT2D eigenvalue weighted by atomic mass is 10.3. The molecule has 8 heteroatoms. The van der Waals surface area contributed by atoms with E-state index in [2.05, 4.69) is 15.0 Å². The molecule has 21 heavy (non-hydrogen) atoms. The van der Waals surface area contributed by atoms with Crippen LogP contribution in [0.4, 0.5) is 0 Å². The zero-order valence-corrected chi connectivity index (χ0v) is 14.0. The van der Waals surface area contributed by atoms with Gasteiger partial charge in [0.05, 0.1) is 6.54 Å². The molecule has 0 spiro atoms. The molecule has 0 fully saturated rings. The van der Waals surface area contributed by atoms with Crippen LogP contribution in [0, 0.1) is 6.92 Å². The minimum absolute atomic E-state index is 0.186. The maximum absolute atomic E-state index is 12.3. The first-order chi connectivity index (χ1) is 9.94. The lowest BCUT2D eigenvalue weighted by molar-refractivity contribution is 0.579. The molecule has 116 valence electrons. The molecule has 6 nitrogen and oxygen atoms in total. The van der Waals surface area contributed by atoms with Gasteiger partial charge in [-0.2, -0.15) is 0 Å². The van der Waals surface area contributed by atoms with Gasteiger partial charge in [-0.1, -0.05) is 6.92 Å². The standard InChI is InChI=1S/C13H20N4O2S2/c1-4-14-8-11-10(2)7-13(20-11)21(18,19)16-9-12-15-5-6-17(12)3/h5-7,14,16H,4,8-9H2,1-3H3. The molecular weight excluding hydrogens is 308 g/mol. The quantitative estimate of drug-likeness (QED) is 0.805. The third-order valence-corrected chi connectivity index (χ3v) is 6.25. The Morgan fingerprint density at radius 1 is 1.38 bits per heavy atom. The third kappa shape index (κ3) is 3.91. The fourth-order valence-corrected chi connectivity index (χ4v) is 4.42. The van der Waals surface area contributed by atoms with E-state index in [0.717, 1.165) is 17.0 Å². The Morgan fingerprint density at radius 3 is 2.76 bits per heavy atom. The second-order valence-corrected chi connectivity index (χ2v) is 7.86. The van der Waals surface area contributed by atoms with Crippen LogP contribution in [0.2, 0.25) is 0 Å². The average Bonchev–Trinajstić information content (AvgIpc) is 3.01. The molecule has 0 saturated heterocycles. The van der Waals surface area contributed by atoms with Crippen molar-refractivity contribution in [2.24, 2.45) is 7.05 Å². The molecule has 0 aliphatic heterocycles. The number of hydrogen-bond donors (Lipinski definition) is 2. The highest BCUT2D eigenvalue weighted by atomic mass is 32.2. The fraction of sp³-hybridized carbons (Fsp3) is 0.462. The van der Waals surface area contributed by atoms with Crippen LogP contribution in [0.3, 0.4) is 0 Å². The van der Waals surface area contributed by atoms with Crippen molar-refractivity contribution in [2.75, 3.05) is 6.54 Å². The summed E-state index contributed by atoms with van der Waals surface area (Å²) in [7, 11) is -1.66. The highest BCUT2D eigenvalue weighted by Gasteiger charge is 2.19. The van der Waals surface area contributed by atoms with Crippen LogP contribution in [-0.4, -0.2) is 24.5 Å². The molecule has 0 aliphatic carbocycles. The fourth-order valence-electron chi connectivity index (χ4n) is 1.83. The summed E-state index contributed by atoms with van der Waals surface area (Å²) in [4.78, 5) is 5.16. The number of thiophene rings is 1. The summed E-state index contributed by atoms with van der Waals surface area (Å²) in [6.45, 7) is 5.69. The summed E-state index contributed by atoms with van der Waals surface area (Å²) in [5.74, 6) is 0.680. The van der Waals surface area contributed by atoms with E-state index in [-0.39, 0.29) is 6.54 Å². The SMILES string of the molecule is CCNCc1sc(S(=O)(=O)NCc2nccn2C)cc1C. The van der Waals surface area contributed by atoms with Gasteiger partial charge in [0, 0.05) is 30.9 Å². The van der Waals surface area contributed by atoms with E-state index in [4.69, 9.17) is 0 Å². The van der Waals surface area contributed by atoms with Crippen molar-refractivity contribution in [3.63, 3.8) is 0 Å². The molecule has 0 unspecified atom stereocenters. The molecule has 0 aliphatic rings. The minimum Gasteiger partial charge on any atom is -0.337 e. The number of aromatic nitrogens is 2. The lowest BCUT2D eigenvalue weighted by Gasteiger charge is -2.04.